The fourth-order valence-electron chi connectivity index (χ4n) is 2.57. The number of nitrogen functional groups attached to an aromatic ring is 1. The lowest BCUT2D eigenvalue weighted by atomic mass is 9.80. The van der Waals surface area contributed by atoms with Crippen LogP contribution in [0.15, 0.2) is 18.3 Å². The third-order valence-electron chi connectivity index (χ3n) is 3.57. The monoisotopic (exact) mass is 248 g/mol. The first kappa shape index (κ1) is 12.9. The first-order chi connectivity index (χ1) is 8.70. The average molecular weight is 248 g/mol. The number of hydrogen-bond donors (Lipinski definition) is 1. The summed E-state index contributed by atoms with van der Waals surface area (Å²) in [5, 5.41) is 0. The molecule has 0 radical (unpaired) electrons. The molecule has 0 spiro atoms. The van der Waals surface area contributed by atoms with Crippen molar-refractivity contribution in [2.75, 3.05) is 12.3 Å². The average Bonchev–Trinajstić information content (AvgIpc) is 2.39. The topological polar surface area (TPSA) is 65.2 Å². The lowest BCUT2D eigenvalue weighted by Crippen LogP contribution is -2.23. The summed E-state index contributed by atoms with van der Waals surface area (Å²) in [4.78, 5) is 16.0. The number of carbonyl (C=O) groups excluding carboxylic acids is 1. The highest BCUT2D eigenvalue weighted by Crippen LogP contribution is 2.35. The van der Waals surface area contributed by atoms with Crippen molar-refractivity contribution in [2.45, 2.75) is 38.5 Å². The minimum Gasteiger partial charge on any atom is -0.466 e. The summed E-state index contributed by atoms with van der Waals surface area (Å²) in [5.41, 5.74) is 7.58. The molecule has 1 aliphatic carbocycles. The predicted molar refractivity (Wildman–Crippen MR) is 70.0 cm³/mol. The van der Waals surface area contributed by atoms with Crippen LogP contribution >= 0.6 is 0 Å². The number of pyridine rings is 1. The van der Waals surface area contributed by atoms with Gasteiger partial charge in [0.2, 0.25) is 0 Å². The maximum absolute atomic E-state index is 11.6. The molecule has 2 rings (SSSR count). The van der Waals surface area contributed by atoms with Crippen LogP contribution in [0.3, 0.4) is 0 Å². The van der Waals surface area contributed by atoms with Crippen LogP contribution in [-0.2, 0) is 9.53 Å². The van der Waals surface area contributed by atoms with Crippen molar-refractivity contribution < 1.29 is 9.53 Å². The molecule has 0 bridgehead atoms. The Bertz CT molecular complexity index is 412. The second-order valence-electron chi connectivity index (χ2n) is 4.81. The van der Waals surface area contributed by atoms with Crippen LogP contribution in [0.25, 0.3) is 0 Å². The smallest absolute Gasteiger partial charge is 0.308 e. The van der Waals surface area contributed by atoms with E-state index in [4.69, 9.17) is 10.5 Å². The summed E-state index contributed by atoms with van der Waals surface area (Å²) < 4.78 is 5.07. The largest absolute Gasteiger partial charge is 0.466 e. The zero-order valence-electron chi connectivity index (χ0n) is 10.8. The number of esters is 1. The molecule has 0 atom stereocenters. The van der Waals surface area contributed by atoms with Crippen LogP contribution < -0.4 is 5.73 Å². The summed E-state index contributed by atoms with van der Waals surface area (Å²) in [6.45, 7) is 2.32. The Morgan fingerprint density at radius 1 is 1.44 bits per heavy atom. The van der Waals surface area contributed by atoms with Gasteiger partial charge in [-0.1, -0.05) is 0 Å². The van der Waals surface area contributed by atoms with E-state index in [9.17, 15) is 4.79 Å². The Balaban J connectivity index is 1.92. The minimum atomic E-state index is -0.0449. The van der Waals surface area contributed by atoms with Gasteiger partial charge in [-0.25, -0.2) is 0 Å². The molecule has 1 saturated carbocycles. The lowest BCUT2D eigenvalue weighted by Gasteiger charge is -2.26. The normalized spacial score (nSPS) is 23.6. The van der Waals surface area contributed by atoms with Gasteiger partial charge in [-0.15, -0.1) is 0 Å². The number of aromatic nitrogens is 1. The van der Waals surface area contributed by atoms with Gasteiger partial charge in [0.05, 0.1) is 12.5 Å². The zero-order chi connectivity index (χ0) is 13.0. The van der Waals surface area contributed by atoms with E-state index >= 15 is 0 Å². The summed E-state index contributed by atoms with van der Waals surface area (Å²) in [6.07, 6.45) is 5.50. The van der Waals surface area contributed by atoms with Crippen molar-refractivity contribution >= 4 is 11.7 Å². The standard InChI is InChI=1S/C14H20N2O2/c1-2-18-14(17)11-5-3-10(4-6-11)13-9-12(15)7-8-16-13/h7-11H,2-6H2,1H3,(H2,15,16). The van der Waals surface area contributed by atoms with Gasteiger partial charge in [0.1, 0.15) is 0 Å². The molecule has 0 amide bonds. The zero-order valence-corrected chi connectivity index (χ0v) is 10.8. The van der Waals surface area contributed by atoms with E-state index in [0.29, 0.717) is 12.5 Å². The van der Waals surface area contributed by atoms with Crippen molar-refractivity contribution in [1.82, 2.24) is 4.98 Å². The molecule has 0 unspecified atom stereocenters. The maximum atomic E-state index is 11.6. The van der Waals surface area contributed by atoms with Gasteiger partial charge >= 0.3 is 5.97 Å². The van der Waals surface area contributed by atoms with E-state index in [1.54, 1.807) is 12.3 Å². The van der Waals surface area contributed by atoms with Crippen LogP contribution in [0.1, 0.15) is 44.2 Å². The van der Waals surface area contributed by atoms with Crippen LogP contribution in [0.5, 0.6) is 0 Å². The van der Waals surface area contributed by atoms with Crippen molar-refractivity contribution in [3.05, 3.63) is 24.0 Å². The van der Waals surface area contributed by atoms with E-state index in [1.165, 1.54) is 0 Å². The second kappa shape index (κ2) is 5.85. The van der Waals surface area contributed by atoms with Crippen molar-refractivity contribution in [1.29, 1.82) is 0 Å². The van der Waals surface area contributed by atoms with Crippen LogP contribution in [0.2, 0.25) is 0 Å². The molecule has 1 aromatic rings. The number of rotatable bonds is 3. The van der Waals surface area contributed by atoms with E-state index in [0.717, 1.165) is 37.1 Å². The number of anilines is 1. The van der Waals surface area contributed by atoms with E-state index in [1.807, 2.05) is 13.0 Å². The third kappa shape index (κ3) is 3.00. The molecule has 1 aliphatic rings. The highest BCUT2D eigenvalue weighted by Gasteiger charge is 2.28. The fourth-order valence-corrected chi connectivity index (χ4v) is 2.57. The highest BCUT2D eigenvalue weighted by molar-refractivity contribution is 5.72. The van der Waals surface area contributed by atoms with E-state index < -0.39 is 0 Å². The Kier molecular flexibility index (Phi) is 4.18. The summed E-state index contributed by atoms with van der Waals surface area (Å²) in [6, 6.07) is 3.74. The Morgan fingerprint density at radius 3 is 2.78 bits per heavy atom. The molecule has 18 heavy (non-hydrogen) atoms. The number of hydrogen-bond acceptors (Lipinski definition) is 4. The lowest BCUT2D eigenvalue weighted by molar-refractivity contribution is -0.149. The number of nitrogens with two attached hydrogens (primary N) is 1. The number of carbonyl (C=O) groups is 1. The number of ether oxygens (including phenoxy) is 1. The van der Waals surface area contributed by atoms with E-state index in [2.05, 4.69) is 4.98 Å². The van der Waals surface area contributed by atoms with Gasteiger partial charge in [0.15, 0.2) is 0 Å². The number of nitrogens with zero attached hydrogens (tertiary/aromatic N) is 1. The van der Waals surface area contributed by atoms with Crippen LogP contribution in [-0.4, -0.2) is 17.6 Å². The van der Waals surface area contributed by atoms with Gasteiger partial charge in [-0.2, -0.15) is 0 Å². The van der Waals surface area contributed by atoms with Gasteiger partial charge in [-0.3, -0.25) is 9.78 Å². The Labute approximate surface area is 108 Å². The van der Waals surface area contributed by atoms with Crippen molar-refractivity contribution in [2.24, 2.45) is 5.92 Å². The first-order valence-corrected chi connectivity index (χ1v) is 6.58. The molecule has 98 valence electrons. The molecule has 0 saturated heterocycles. The van der Waals surface area contributed by atoms with Gasteiger partial charge in [0.25, 0.3) is 0 Å². The summed E-state index contributed by atoms with van der Waals surface area (Å²) in [7, 11) is 0. The molecular weight excluding hydrogens is 228 g/mol. The Morgan fingerprint density at radius 2 is 2.17 bits per heavy atom. The van der Waals surface area contributed by atoms with Gasteiger partial charge < -0.3 is 10.5 Å². The summed E-state index contributed by atoms with van der Waals surface area (Å²) >= 11 is 0. The van der Waals surface area contributed by atoms with Gasteiger partial charge in [-0.05, 0) is 44.7 Å². The molecule has 0 aliphatic heterocycles. The van der Waals surface area contributed by atoms with Gasteiger partial charge in [0, 0.05) is 23.5 Å². The molecule has 4 nitrogen and oxygen atoms in total. The molecule has 1 heterocycles. The highest BCUT2D eigenvalue weighted by atomic mass is 16.5. The molecule has 0 aromatic carbocycles. The molecule has 2 N–H and O–H groups in total. The quantitative estimate of drug-likeness (QED) is 0.835. The fraction of sp³-hybridized carbons (Fsp3) is 0.571. The van der Waals surface area contributed by atoms with Crippen molar-refractivity contribution in [3.8, 4) is 0 Å². The Hall–Kier alpha value is -1.58. The summed E-state index contributed by atoms with van der Waals surface area (Å²) in [5.74, 6) is 0.456. The molecule has 1 aromatic heterocycles. The SMILES string of the molecule is CCOC(=O)C1CCC(c2cc(N)ccn2)CC1. The third-order valence-corrected chi connectivity index (χ3v) is 3.57. The van der Waals surface area contributed by atoms with E-state index in [-0.39, 0.29) is 11.9 Å². The van der Waals surface area contributed by atoms with Crippen molar-refractivity contribution in [3.63, 3.8) is 0 Å². The molecule has 4 heteroatoms. The minimum absolute atomic E-state index is 0.0449. The molecular formula is C14H20N2O2. The van der Waals surface area contributed by atoms with Crippen LogP contribution in [0, 0.1) is 5.92 Å². The first-order valence-electron chi connectivity index (χ1n) is 6.58. The predicted octanol–water partition coefficient (Wildman–Crippen LogP) is 2.50. The second-order valence-corrected chi connectivity index (χ2v) is 4.81. The molecule has 1 fully saturated rings. The maximum Gasteiger partial charge on any atom is 0.308 e. The van der Waals surface area contributed by atoms with Crippen LogP contribution in [0.4, 0.5) is 5.69 Å².